The molecule has 0 radical (unpaired) electrons. The summed E-state index contributed by atoms with van der Waals surface area (Å²) in [5.41, 5.74) is 13.7. The number of nitrogens with zero attached hydrogens (tertiary/aromatic N) is 2. The van der Waals surface area contributed by atoms with Crippen LogP contribution in [0.4, 0.5) is 34.3 Å². The summed E-state index contributed by atoms with van der Waals surface area (Å²) in [5, 5.41) is 1.09. The number of fused-ring (bicyclic) bond motifs is 9. The van der Waals surface area contributed by atoms with Crippen molar-refractivity contribution in [3.63, 3.8) is 0 Å². The number of ether oxygens (including phenoxy) is 6. The summed E-state index contributed by atoms with van der Waals surface area (Å²) in [7, 11) is 0. The van der Waals surface area contributed by atoms with Gasteiger partial charge in [0.15, 0.2) is 34.5 Å². The molecule has 10 heteroatoms. The van der Waals surface area contributed by atoms with E-state index in [0.29, 0.717) is 39.6 Å². The maximum absolute atomic E-state index is 7.13. The summed E-state index contributed by atoms with van der Waals surface area (Å²) < 4.78 is 44.2. The molecule has 0 saturated heterocycles. The minimum atomic E-state index is -0.189. The van der Waals surface area contributed by atoms with Crippen molar-refractivity contribution in [2.45, 2.75) is 47.0 Å². The van der Waals surface area contributed by atoms with E-state index in [4.69, 9.17) is 32.8 Å². The van der Waals surface area contributed by atoms with Crippen molar-refractivity contribution in [3.05, 3.63) is 89.0 Å². The molecule has 0 amide bonds. The molecular formula is C45H41BN2O7. The molecule has 276 valence electrons. The number of hydrogen-bond acceptors (Lipinski definition) is 9. The zero-order valence-corrected chi connectivity index (χ0v) is 31.9. The van der Waals surface area contributed by atoms with Gasteiger partial charge in [0.1, 0.15) is 45.2 Å². The maximum Gasteiger partial charge on any atom is 0.257 e. The highest BCUT2D eigenvalue weighted by Crippen LogP contribution is 2.52. The Hall–Kier alpha value is -5.90. The second-order valence-corrected chi connectivity index (χ2v) is 16.2. The van der Waals surface area contributed by atoms with Crippen LogP contribution in [0.5, 0.6) is 34.5 Å². The molecule has 9 nitrogen and oxygen atoms in total. The summed E-state index contributed by atoms with van der Waals surface area (Å²) in [4.78, 5) is 4.69. The lowest BCUT2D eigenvalue weighted by atomic mass is 9.33. The van der Waals surface area contributed by atoms with E-state index in [1.807, 2.05) is 6.07 Å². The van der Waals surface area contributed by atoms with E-state index in [1.54, 1.807) is 0 Å². The van der Waals surface area contributed by atoms with Crippen molar-refractivity contribution >= 4 is 68.4 Å². The number of rotatable bonds is 2. The molecule has 6 aromatic rings. The van der Waals surface area contributed by atoms with Crippen LogP contribution in [0.2, 0.25) is 0 Å². The van der Waals surface area contributed by atoms with Crippen LogP contribution in [0.15, 0.2) is 71.1 Å². The maximum atomic E-state index is 7.13. The van der Waals surface area contributed by atoms with Crippen LogP contribution in [-0.2, 0) is 5.41 Å². The van der Waals surface area contributed by atoms with Crippen molar-refractivity contribution in [2.75, 3.05) is 49.4 Å². The van der Waals surface area contributed by atoms with Gasteiger partial charge in [-0.2, -0.15) is 0 Å². The van der Waals surface area contributed by atoms with Gasteiger partial charge in [-0.3, -0.25) is 4.90 Å². The van der Waals surface area contributed by atoms with Gasteiger partial charge in [0.05, 0.1) is 11.4 Å². The van der Waals surface area contributed by atoms with E-state index < -0.39 is 0 Å². The lowest BCUT2D eigenvalue weighted by molar-refractivity contribution is 0.170. The topological polar surface area (TPSA) is 75.0 Å². The minimum Gasteiger partial charge on any atom is -0.486 e. The second kappa shape index (κ2) is 11.6. The van der Waals surface area contributed by atoms with E-state index in [9.17, 15) is 0 Å². The quantitative estimate of drug-likeness (QED) is 0.164. The van der Waals surface area contributed by atoms with Gasteiger partial charge in [0, 0.05) is 45.6 Å². The molecule has 5 aromatic carbocycles. The molecule has 0 saturated carbocycles. The van der Waals surface area contributed by atoms with Gasteiger partial charge in [-0.05, 0) is 102 Å². The molecule has 55 heavy (non-hydrogen) atoms. The van der Waals surface area contributed by atoms with Gasteiger partial charge in [-0.15, -0.1) is 0 Å². The van der Waals surface area contributed by atoms with Crippen molar-refractivity contribution in [2.24, 2.45) is 0 Å². The van der Waals surface area contributed by atoms with Crippen LogP contribution in [0.1, 0.15) is 43.0 Å². The highest BCUT2D eigenvalue weighted by Gasteiger charge is 2.48. The molecule has 0 fully saturated rings. The molecule has 0 spiro atoms. The summed E-state index contributed by atoms with van der Waals surface area (Å²) in [6, 6.07) is 23.9. The molecular weight excluding hydrogens is 691 g/mol. The standard InChI is InChI=1S/C45H41BN2O7/c1-24-17-32-41-33(18-24)48(42-25(2)19-39-43(26(42)3)54-16-15-53-39)44-40(29-20-27(45(4,5)6)7-9-34(29)55-44)46(41)30-22-37-38(52-14-13-51-37)23-31(30)47(32)28-8-10-35-36(21-28)50-12-11-49-35/h7-10,17-23H,11-16H2,1-6H3. The van der Waals surface area contributed by atoms with Gasteiger partial charge >= 0.3 is 0 Å². The Balaban J connectivity index is 1.26. The molecule has 0 aliphatic carbocycles. The van der Waals surface area contributed by atoms with E-state index in [-0.39, 0.29) is 12.1 Å². The Kier molecular flexibility index (Phi) is 6.83. The zero-order chi connectivity index (χ0) is 37.3. The van der Waals surface area contributed by atoms with Crippen molar-refractivity contribution < 1.29 is 32.8 Å². The third-order valence-electron chi connectivity index (χ3n) is 11.6. The minimum absolute atomic E-state index is 0.0698. The summed E-state index contributed by atoms with van der Waals surface area (Å²) in [6.07, 6.45) is 0. The van der Waals surface area contributed by atoms with Gasteiger partial charge < -0.3 is 37.7 Å². The van der Waals surface area contributed by atoms with Gasteiger partial charge in [-0.1, -0.05) is 26.8 Å². The number of aryl methyl sites for hydroxylation is 2. The number of furan rings is 1. The first-order valence-corrected chi connectivity index (χ1v) is 19.2. The normalized spacial score (nSPS) is 16.1. The molecule has 1 aromatic heterocycles. The number of hydrogen-bond donors (Lipinski definition) is 0. The van der Waals surface area contributed by atoms with Crippen LogP contribution in [0.3, 0.4) is 0 Å². The Bertz CT molecular complexity index is 2620. The lowest BCUT2D eigenvalue weighted by Crippen LogP contribution is -2.61. The Labute approximate surface area is 320 Å². The van der Waals surface area contributed by atoms with Crippen molar-refractivity contribution in [1.29, 1.82) is 0 Å². The van der Waals surface area contributed by atoms with Crippen LogP contribution in [0.25, 0.3) is 11.0 Å². The van der Waals surface area contributed by atoms with Gasteiger partial charge in [0.25, 0.3) is 6.71 Å². The Morgan fingerprint density at radius 3 is 1.98 bits per heavy atom. The zero-order valence-electron chi connectivity index (χ0n) is 31.9. The average molecular weight is 733 g/mol. The summed E-state index contributed by atoms with van der Waals surface area (Å²) in [5.74, 6) is 5.30. The highest BCUT2D eigenvalue weighted by molar-refractivity contribution is 7.01. The monoisotopic (exact) mass is 732 g/mol. The van der Waals surface area contributed by atoms with Gasteiger partial charge in [-0.25, -0.2) is 0 Å². The molecule has 0 unspecified atom stereocenters. The fraction of sp³-hybridized carbons (Fsp3) is 0.289. The Morgan fingerprint density at radius 2 is 1.24 bits per heavy atom. The first-order valence-electron chi connectivity index (χ1n) is 19.2. The predicted octanol–water partition coefficient (Wildman–Crippen LogP) is 8.05. The highest BCUT2D eigenvalue weighted by atomic mass is 16.6. The lowest BCUT2D eigenvalue weighted by Gasteiger charge is -2.43. The van der Waals surface area contributed by atoms with Crippen molar-refractivity contribution in [3.8, 4) is 34.5 Å². The summed E-state index contributed by atoms with van der Waals surface area (Å²) in [6.45, 7) is 16.1. The largest absolute Gasteiger partial charge is 0.486 e. The van der Waals surface area contributed by atoms with E-state index in [2.05, 4.69) is 112 Å². The van der Waals surface area contributed by atoms with Gasteiger partial charge in [0.2, 0.25) is 5.88 Å². The fourth-order valence-corrected chi connectivity index (χ4v) is 9.17. The van der Waals surface area contributed by atoms with Crippen LogP contribution in [-0.4, -0.2) is 46.4 Å². The number of benzene rings is 5. The van der Waals surface area contributed by atoms with Crippen LogP contribution in [0, 0.1) is 20.8 Å². The molecule has 11 rings (SSSR count). The molecule has 0 atom stereocenters. The third kappa shape index (κ3) is 4.73. The molecule has 0 N–H and O–H groups in total. The molecule has 5 aliphatic heterocycles. The van der Waals surface area contributed by atoms with E-state index in [0.717, 1.165) is 107 Å². The molecule has 0 bridgehead atoms. The Morgan fingerprint density at radius 1 is 0.582 bits per heavy atom. The van der Waals surface area contributed by atoms with E-state index in [1.165, 1.54) is 11.0 Å². The average Bonchev–Trinajstić information content (AvgIpc) is 3.56. The third-order valence-corrected chi connectivity index (χ3v) is 11.6. The predicted molar refractivity (Wildman–Crippen MR) is 216 cm³/mol. The first kappa shape index (κ1) is 32.5. The molecule has 6 heterocycles. The fourth-order valence-electron chi connectivity index (χ4n) is 9.17. The van der Waals surface area contributed by atoms with Crippen molar-refractivity contribution in [1.82, 2.24) is 0 Å². The summed E-state index contributed by atoms with van der Waals surface area (Å²) >= 11 is 0. The first-order chi connectivity index (χ1) is 26.6. The van der Waals surface area contributed by atoms with Crippen LogP contribution >= 0.6 is 0 Å². The second-order valence-electron chi connectivity index (χ2n) is 16.2. The SMILES string of the molecule is Cc1cc2c3c(c1)N(c1c(C)cc4c(c1C)OCCO4)c1oc4ccc(C(C)(C)C)cc4c1B3c1cc3c(cc1N2c1ccc2c(c1)OCCO2)OCCO3. The molecule has 5 aliphatic rings. The van der Waals surface area contributed by atoms with Crippen LogP contribution < -0.4 is 54.6 Å². The smallest absolute Gasteiger partial charge is 0.257 e. The van der Waals surface area contributed by atoms with E-state index >= 15 is 0 Å². The number of anilines is 6.